The second-order valence-electron chi connectivity index (χ2n) is 7.63. The summed E-state index contributed by atoms with van der Waals surface area (Å²) in [5, 5.41) is 4.77. The van der Waals surface area contributed by atoms with Crippen molar-refractivity contribution in [2.75, 3.05) is 20.2 Å². The number of ether oxygens (including phenoxy) is 1. The van der Waals surface area contributed by atoms with Crippen LogP contribution in [-0.2, 0) is 13.7 Å². The molecule has 7 heteroatoms. The molecule has 0 spiro atoms. The number of hydrogen-bond acceptors (Lipinski definition) is 5. The molecule has 156 valence electrons. The topological polar surface area (TPSA) is 52.3 Å². The van der Waals surface area contributed by atoms with E-state index < -0.39 is 0 Å². The number of piperidine rings is 1. The van der Waals surface area contributed by atoms with Gasteiger partial charge in [0.2, 0.25) is 0 Å². The molecule has 0 saturated carbocycles. The third kappa shape index (κ3) is 4.08. The molecule has 1 fully saturated rings. The largest absolute Gasteiger partial charge is 0.496 e. The average Bonchev–Trinajstić information content (AvgIpc) is 3.08. The Bertz CT molecular complexity index is 1080. The molecule has 2 heterocycles. The quantitative estimate of drug-likeness (QED) is 0.441. The van der Waals surface area contributed by atoms with E-state index in [1.165, 1.54) is 0 Å². The van der Waals surface area contributed by atoms with Crippen molar-refractivity contribution in [3.8, 4) is 17.1 Å². The third-order valence-corrected chi connectivity index (χ3v) is 6.22. The van der Waals surface area contributed by atoms with Crippen molar-refractivity contribution in [3.05, 3.63) is 64.9 Å². The van der Waals surface area contributed by atoms with Gasteiger partial charge in [-0.3, -0.25) is 9.69 Å². The summed E-state index contributed by atoms with van der Waals surface area (Å²) in [6.45, 7) is 2.32. The third-order valence-electron chi connectivity index (χ3n) is 5.74. The van der Waals surface area contributed by atoms with Crippen molar-refractivity contribution in [2.45, 2.75) is 19.5 Å². The molecule has 0 amide bonds. The van der Waals surface area contributed by atoms with Crippen molar-refractivity contribution in [1.29, 1.82) is 0 Å². The highest BCUT2D eigenvalue weighted by molar-refractivity contribution is 7.71. The monoisotopic (exact) mass is 422 g/mol. The molecule has 1 aliphatic rings. The predicted octanol–water partition coefficient (Wildman–Crippen LogP) is 4.18. The standard InChI is InChI=1S/C23H26N4O2S/c1-25-22(19-10-6-7-11-20(19)29-2)24-27(23(25)30)16-26-14-12-18(13-15-26)21(28)17-8-4-3-5-9-17/h3-11,18H,12-16H2,1-2H3. The van der Waals surface area contributed by atoms with Crippen LogP contribution in [-0.4, -0.2) is 45.2 Å². The number of para-hydroxylation sites is 1. The highest BCUT2D eigenvalue weighted by atomic mass is 32.1. The molecule has 1 saturated heterocycles. The Balaban J connectivity index is 1.45. The fourth-order valence-corrected chi connectivity index (χ4v) is 4.19. The summed E-state index contributed by atoms with van der Waals surface area (Å²) in [5.41, 5.74) is 1.73. The van der Waals surface area contributed by atoms with Gasteiger partial charge in [0, 0.05) is 31.6 Å². The Kier molecular flexibility index (Phi) is 6.11. The molecule has 6 nitrogen and oxygen atoms in total. The summed E-state index contributed by atoms with van der Waals surface area (Å²) < 4.78 is 9.92. The van der Waals surface area contributed by atoms with Crippen molar-refractivity contribution in [3.63, 3.8) is 0 Å². The van der Waals surface area contributed by atoms with Crippen molar-refractivity contribution in [2.24, 2.45) is 13.0 Å². The van der Waals surface area contributed by atoms with Crippen LogP contribution in [0.5, 0.6) is 5.75 Å². The summed E-state index contributed by atoms with van der Waals surface area (Å²) in [6, 6.07) is 17.4. The van der Waals surface area contributed by atoms with E-state index in [4.69, 9.17) is 22.1 Å². The van der Waals surface area contributed by atoms with E-state index in [2.05, 4.69) is 4.90 Å². The van der Waals surface area contributed by atoms with Gasteiger partial charge in [-0.1, -0.05) is 42.5 Å². The Hall–Kier alpha value is -2.77. The van der Waals surface area contributed by atoms with E-state index in [-0.39, 0.29) is 11.7 Å². The van der Waals surface area contributed by atoms with E-state index in [1.807, 2.05) is 70.9 Å². The van der Waals surface area contributed by atoms with Crippen LogP contribution in [0.2, 0.25) is 0 Å². The van der Waals surface area contributed by atoms with Gasteiger partial charge in [-0.05, 0) is 37.2 Å². The Labute approximate surface area is 181 Å². The number of hydrogen-bond donors (Lipinski definition) is 0. The molecule has 2 aromatic carbocycles. The average molecular weight is 423 g/mol. The maximum atomic E-state index is 12.7. The van der Waals surface area contributed by atoms with Gasteiger partial charge in [0.05, 0.1) is 19.3 Å². The molecular formula is C23H26N4O2S. The van der Waals surface area contributed by atoms with Gasteiger partial charge < -0.3 is 9.30 Å². The summed E-state index contributed by atoms with van der Waals surface area (Å²) in [6.07, 6.45) is 1.71. The Morgan fingerprint density at radius 3 is 2.47 bits per heavy atom. The lowest BCUT2D eigenvalue weighted by Crippen LogP contribution is -2.37. The number of benzene rings is 2. The minimum atomic E-state index is 0.0875. The van der Waals surface area contributed by atoms with Crippen molar-refractivity contribution in [1.82, 2.24) is 19.2 Å². The highest BCUT2D eigenvalue weighted by Crippen LogP contribution is 2.28. The lowest BCUT2D eigenvalue weighted by Gasteiger charge is -2.30. The van der Waals surface area contributed by atoms with Crippen LogP contribution < -0.4 is 4.74 Å². The molecule has 0 atom stereocenters. The van der Waals surface area contributed by atoms with Crippen LogP contribution in [0.4, 0.5) is 0 Å². The van der Waals surface area contributed by atoms with Crippen LogP contribution in [0.15, 0.2) is 54.6 Å². The zero-order valence-electron chi connectivity index (χ0n) is 17.3. The molecule has 0 radical (unpaired) electrons. The van der Waals surface area contributed by atoms with E-state index in [1.54, 1.807) is 7.11 Å². The van der Waals surface area contributed by atoms with E-state index in [0.717, 1.165) is 48.6 Å². The normalized spacial score (nSPS) is 15.3. The summed E-state index contributed by atoms with van der Waals surface area (Å²) >= 11 is 5.63. The number of aromatic nitrogens is 3. The molecule has 3 aromatic rings. The SMILES string of the molecule is COc1ccccc1-c1nn(CN2CCC(C(=O)c3ccccc3)CC2)c(=S)n1C. The first-order valence-electron chi connectivity index (χ1n) is 10.2. The van der Waals surface area contributed by atoms with E-state index in [0.29, 0.717) is 11.4 Å². The number of Topliss-reactive ketones (excluding diaryl/α,β-unsaturated/α-hetero) is 1. The number of likely N-dealkylation sites (tertiary alicyclic amines) is 1. The lowest BCUT2D eigenvalue weighted by atomic mass is 9.89. The zero-order valence-corrected chi connectivity index (χ0v) is 18.1. The van der Waals surface area contributed by atoms with Gasteiger partial charge in [0.25, 0.3) is 0 Å². The van der Waals surface area contributed by atoms with Crippen LogP contribution in [0, 0.1) is 10.7 Å². The van der Waals surface area contributed by atoms with Gasteiger partial charge in [-0.25, -0.2) is 4.68 Å². The minimum Gasteiger partial charge on any atom is -0.496 e. The molecule has 4 rings (SSSR count). The summed E-state index contributed by atoms with van der Waals surface area (Å²) in [7, 11) is 3.59. The maximum Gasteiger partial charge on any atom is 0.199 e. The summed E-state index contributed by atoms with van der Waals surface area (Å²) in [4.78, 5) is 15.0. The first-order chi connectivity index (χ1) is 14.6. The molecule has 1 aliphatic heterocycles. The van der Waals surface area contributed by atoms with Gasteiger partial charge in [0.15, 0.2) is 16.4 Å². The first kappa shape index (κ1) is 20.5. The van der Waals surface area contributed by atoms with Crippen LogP contribution >= 0.6 is 12.2 Å². The van der Waals surface area contributed by atoms with Gasteiger partial charge in [0.1, 0.15) is 5.75 Å². The van der Waals surface area contributed by atoms with Crippen LogP contribution in [0.25, 0.3) is 11.4 Å². The summed E-state index contributed by atoms with van der Waals surface area (Å²) in [5.74, 6) is 1.90. The fourth-order valence-electron chi connectivity index (χ4n) is 4.01. The number of rotatable bonds is 6. The van der Waals surface area contributed by atoms with Crippen molar-refractivity contribution >= 4 is 18.0 Å². The van der Waals surface area contributed by atoms with Crippen LogP contribution in [0.1, 0.15) is 23.2 Å². The van der Waals surface area contributed by atoms with Crippen LogP contribution in [0.3, 0.4) is 0 Å². The van der Waals surface area contributed by atoms with Crippen molar-refractivity contribution < 1.29 is 9.53 Å². The van der Waals surface area contributed by atoms with E-state index in [9.17, 15) is 4.79 Å². The number of carbonyl (C=O) groups excluding carboxylic acids is 1. The predicted molar refractivity (Wildman–Crippen MR) is 119 cm³/mol. The van der Waals surface area contributed by atoms with Gasteiger partial charge in [-0.2, -0.15) is 5.10 Å². The Morgan fingerprint density at radius 1 is 1.10 bits per heavy atom. The number of methoxy groups -OCH3 is 1. The molecule has 0 aliphatic carbocycles. The highest BCUT2D eigenvalue weighted by Gasteiger charge is 2.26. The van der Waals surface area contributed by atoms with Gasteiger partial charge in [-0.15, -0.1) is 0 Å². The minimum absolute atomic E-state index is 0.0875. The molecule has 0 bridgehead atoms. The zero-order chi connectivity index (χ0) is 21.1. The molecule has 1 aromatic heterocycles. The lowest BCUT2D eigenvalue weighted by molar-refractivity contribution is 0.0803. The second kappa shape index (κ2) is 8.93. The van der Waals surface area contributed by atoms with E-state index >= 15 is 0 Å². The Morgan fingerprint density at radius 2 is 1.77 bits per heavy atom. The van der Waals surface area contributed by atoms with Gasteiger partial charge >= 0.3 is 0 Å². The second-order valence-corrected chi connectivity index (χ2v) is 7.99. The fraction of sp³-hybridized carbons (Fsp3) is 0.348. The smallest absolute Gasteiger partial charge is 0.199 e. The molecule has 0 N–H and O–H groups in total. The number of carbonyl (C=O) groups is 1. The molecule has 0 unspecified atom stereocenters. The molecule has 30 heavy (non-hydrogen) atoms. The maximum absolute atomic E-state index is 12.7. The molecular weight excluding hydrogens is 396 g/mol. The number of ketones is 1. The first-order valence-corrected chi connectivity index (χ1v) is 10.6. The number of nitrogens with zero attached hydrogens (tertiary/aromatic N) is 4.